The van der Waals surface area contributed by atoms with Gasteiger partial charge in [0, 0.05) is 11.9 Å². The summed E-state index contributed by atoms with van der Waals surface area (Å²) in [4.78, 5) is 22.7. The molecule has 2 unspecified atom stereocenters. The van der Waals surface area contributed by atoms with Crippen molar-refractivity contribution in [2.75, 3.05) is 0 Å². The van der Waals surface area contributed by atoms with Crippen LogP contribution in [0.15, 0.2) is 12.2 Å². The third-order valence-electron chi connectivity index (χ3n) is 2.63. The number of halogens is 4. The van der Waals surface area contributed by atoms with Crippen LogP contribution in [-0.2, 0) is 9.59 Å². The van der Waals surface area contributed by atoms with Gasteiger partial charge in [0.2, 0.25) is 11.8 Å². The van der Waals surface area contributed by atoms with Crippen molar-refractivity contribution in [3.05, 3.63) is 12.2 Å². The molecule has 0 radical (unpaired) electrons. The van der Waals surface area contributed by atoms with Crippen molar-refractivity contribution < 1.29 is 27.2 Å². The van der Waals surface area contributed by atoms with Crippen LogP contribution in [0, 0.1) is 11.8 Å². The van der Waals surface area contributed by atoms with Crippen LogP contribution in [0.5, 0.6) is 0 Å². The maximum absolute atomic E-state index is 12.6. The molecule has 0 saturated heterocycles. The van der Waals surface area contributed by atoms with Crippen LogP contribution in [0.25, 0.3) is 0 Å². The fourth-order valence-electron chi connectivity index (χ4n) is 1.65. The first-order valence-electron chi connectivity index (χ1n) is 5.35. The Morgan fingerprint density at radius 2 is 2.05 bits per heavy atom. The van der Waals surface area contributed by atoms with Crippen LogP contribution in [0.4, 0.5) is 17.6 Å². The number of nitrogens with one attached hydrogen (secondary N) is 1. The van der Waals surface area contributed by atoms with E-state index in [0.29, 0.717) is 12.8 Å². The predicted octanol–water partition coefficient (Wildman–Crippen LogP) is 1.68. The molecule has 9 heteroatoms. The van der Waals surface area contributed by atoms with E-state index >= 15 is 0 Å². The normalized spacial score (nSPS) is 23.4. The largest absolute Gasteiger partial charge is 0.371 e. The molecule has 19 heavy (non-hydrogen) atoms. The fraction of sp³-hybridized carbons (Fsp3) is 0.600. The molecular formula is C10H12F4N2O2S. The van der Waals surface area contributed by atoms with Gasteiger partial charge < -0.3 is 5.73 Å². The maximum Gasteiger partial charge on any atom is 0.371 e. The first-order chi connectivity index (χ1) is 8.75. The highest BCUT2D eigenvalue weighted by molar-refractivity contribution is 7.99. The van der Waals surface area contributed by atoms with Gasteiger partial charge in [-0.05, 0) is 12.8 Å². The van der Waals surface area contributed by atoms with Gasteiger partial charge in [0.1, 0.15) is 0 Å². The number of alkyl halides is 4. The van der Waals surface area contributed by atoms with Gasteiger partial charge in [-0.1, -0.05) is 12.2 Å². The Morgan fingerprint density at radius 3 is 2.58 bits per heavy atom. The monoisotopic (exact) mass is 300 g/mol. The molecule has 1 aliphatic carbocycles. The summed E-state index contributed by atoms with van der Waals surface area (Å²) < 4.78 is 50.7. The number of hydrogen-bond donors (Lipinski definition) is 2. The van der Waals surface area contributed by atoms with Crippen LogP contribution in [0.3, 0.4) is 0 Å². The molecule has 1 aliphatic rings. The van der Waals surface area contributed by atoms with Crippen molar-refractivity contribution in [2.45, 2.75) is 24.5 Å². The van der Waals surface area contributed by atoms with Crippen LogP contribution in [0.2, 0.25) is 0 Å². The molecule has 0 aromatic carbocycles. The van der Waals surface area contributed by atoms with E-state index in [1.165, 1.54) is 6.08 Å². The topological polar surface area (TPSA) is 72.2 Å². The molecule has 0 fully saturated rings. The molecule has 0 aliphatic heterocycles. The van der Waals surface area contributed by atoms with Gasteiger partial charge in [-0.15, -0.1) is 0 Å². The molecule has 108 valence electrons. The molecule has 2 atom stereocenters. The van der Waals surface area contributed by atoms with Gasteiger partial charge >= 0.3 is 11.7 Å². The summed E-state index contributed by atoms with van der Waals surface area (Å²) >= 11 is -0.667. The smallest absolute Gasteiger partial charge is 0.369 e. The lowest BCUT2D eigenvalue weighted by molar-refractivity contribution is -0.131. The van der Waals surface area contributed by atoms with Crippen LogP contribution >= 0.6 is 11.9 Å². The van der Waals surface area contributed by atoms with E-state index < -0.39 is 47.3 Å². The minimum atomic E-state index is -4.38. The Labute approximate surface area is 110 Å². The number of carbonyl (C=O) groups is 2. The van der Waals surface area contributed by atoms with Gasteiger partial charge in [-0.25, -0.2) is 8.78 Å². The first-order valence-corrected chi connectivity index (χ1v) is 6.17. The minimum Gasteiger partial charge on any atom is -0.369 e. The van der Waals surface area contributed by atoms with Gasteiger partial charge in [0.15, 0.2) is 0 Å². The van der Waals surface area contributed by atoms with Gasteiger partial charge in [-0.3, -0.25) is 14.3 Å². The molecule has 0 aromatic rings. The summed E-state index contributed by atoms with van der Waals surface area (Å²) in [5.41, 5.74) is 5.10. The predicted molar refractivity (Wildman–Crippen MR) is 61.2 cm³/mol. The quantitative estimate of drug-likeness (QED) is 0.461. The zero-order chi connectivity index (χ0) is 14.6. The summed E-state index contributed by atoms with van der Waals surface area (Å²) in [6, 6.07) is 0. The lowest BCUT2D eigenvalue weighted by atomic mass is 9.83. The highest BCUT2D eigenvalue weighted by Crippen LogP contribution is 2.34. The molecule has 0 spiro atoms. The van der Waals surface area contributed by atoms with Crippen molar-refractivity contribution in [1.82, 2.24) is 4.72 Å². The Hall–Kier alpha value is -1.25. The first kappa shape index (κ1) is 15.8. The van der Waals surface area contributed by atoms with E-state index in [1.54, 1.807) is 10.8 Å². The Kier molecular flexibility index (Phi) is 5.21. The molecule has 0 saturated carbocycles. The van der Waals surface area contributed by atoms with Crippen molar-refractivity contribution in [3.8, 4) is 0 Å². The lowest BCUT2D eigenvalue weighted by Crippen LogP contribution is -2.40. The van der Waals surface area contributed by atoms with E-state index in [4.69, 9.17) is 5.73 Å². The number of carbonyl (C=O) groups excluding carboxylic acids is 2. The van der Waals surface area contributed by atoms with E-state index in [1.807, 2.05) is 0 Å². The minimum absolute atomic E-state index is 0.319. The second-order valence-corrected chi connectivity index (χ2v) is 4.92. The second kappa shape index (κ2) is 6.27. The molecule has 4 nitrogen and oxygen atoms in total. The van der Waals surface area contributed by atoms with Crippen LogP contribution < -0.4 is 10.5 Å². The summed E-state index contributed by atoms with van der Waals surface area (Å²) in [7, 11) is 0. The molecule has 2 amide bonds. The Balaban J connectivity index is 2.64. The van der Waals surface area contributed by atoms with E-state index in [0.717, 1.165) is 0 Å². The Morgan fingerprint density at radius 1 is 1.42 bits per heavy atom. The van der Waals surface area contributed by atoms with Gasteiger partial charge in [0.05, 0.1) is 11.8 Å². The van der Waals surface area contributed by atoms with E-state index in [2.05, 4.69) is 0 Å². The van der Waals surface area contributed by atoms with Crippen molar-refractivity contribution in [1.29, 1.82) is 0 Å². The van der Waals surface area contributed by atoms with E-state index in [9.17, 15) is 27.2 Å². The number of primary amides is 1. The zero-order valence-electron chi connectivity index (χ0n) is 9.61. The molecule has 0 bridgehead atoms. The SMILES string of the molecule is NC(=O)C1CCC=CC1C(=O)NSC(F)(F)C(F)F. The summed E-state index contributed by atoms with van der Waals surface area (Å²) in [6.07, 6.45) is -0.0569. The molecule has 0 heterocycles. The van der Waals surface area contributed by atoms with Crippen LogP contribution in [-0.4, -0.2) is 23.5 Å². The van der Waals surface area contributed by atoms with E-state index in [-0.39, 0.29) is 0 Å². The maximum atomic E-state index is 12.6. The number of rotatable bonds is 5. The van der Waals surface area contributed by atoms with Crippen molar-refractivity contribution in [2.24, 2.45) is 17.6 Å². The summed E-state index contributed by atoms with van der Waals surface area (Å²) in [5, 5.41) is -4.38. The Bertz CT molecular complexity index is 390. The van der Waals surface area contributed by atoms with Gasteiger partial charge in [-0.2, -0.15) is 8.78 Å². The number of nitrogens with two attached hydrogens (primary N) is 1. The second-order valence-electron chi connectivity index (χ2n) is 3.97. The van der Waals surface area contributed by atoms with Crippen LogP contribution in [0.1, 0.15) is 12.8 Å². The number of amides is 2. The summed E-state index contributed by atoms with van der Waals surface area (Å²) in [5.74, 6) is -3.49. The standard InChI is InChI=1S/C10H12F4N2O2S/c11-9(12)10(13,14)19-16-8(18)6-4-2-1-3-5(6)7(15)17/h2,4-6,9H,1,3H2,(H2,15,17)(H,16,18). The molecule has 1 rings (SSSR count). The third kappa shape index (κ3) is 4.12. The number of allylic oxidation sites excluding steroid dienone is 1. The van der Waals surface area contributed by atoms with Gasteiger partial charge in [0.25, 0.3) is 0 Å². The highest BCUT2D eigenvalue weighted by Gasteiger charge is 2.43. The number of hydrogen-bond acceptors (Lipinski definition) is 3. The molecule has 0 aromatic heterocycles. The molecular weight excluding hydrogens is 288 g/mol. The lowest BCUT2D eigenvalue weighted by Gasteiger charge is -2.24. The van der Waals surface area contributed by atoms with Crippen molar-refractivity contribution in [3.63, 3.8) is 0 Å². The zero-order valence-corrected chi connectivity index (χ0v) is 10.4. The average Bonchev–Trinajstić information content (AvgIpc) is 2.35. The third-order valence-corrected chi connectivity index (χ3v) is 3.38. The average molecular weight is 300 g/mol. The highest BCUT2D eigenvalue weighted by atomic mass is 32.2. The summed E-state index contributed by atoms with van der Waals surface area (Å²) in [6.45, 7) is 0. The fourth-order valence-corrected chi connectivity index (χ4v) is 2.11. The van der Waals surface area contributed by atoms with Crippen molar-refractivity contribution >= 4 is 23.8 Å². The molecule has 3 N–H and O–H groups in total.